The van der Waals surface area contributed by atoms with Gasteiger partial charge < -0.3 is 11.5 Å². The lowest BCUT2D eigenvalue weighted by molar-refractivity contribution is 0.595. The van der Waals surface area contributed by atoms with Crippen molar-refractivity contribution in [2.75, 3.05) is 11.5 Å². The molecule has 160 valence electrons. The second-order valence-corrected chi connectivity index (χ2v) is 9.13. The molecule has 0 saturated heterocycles. The Morgan fingerprint density at radius 1 is 0.515 bits per heavy atom. The first kappa shape index (κ1) is 21.8. The summed E-state index contributed by atoms with van der Waals surface area (Å²) in [5.74, 6) is 11.9. The monoisotopic (exact) mass is 448 g/mol. The Hall–Kier alpha value is -4.45. The van der Waals surface area contributed by atoms with Gasteiger partial charge in [0.1, 0.15) is 0 Å². The second kappa shape index (κ2) is 9.36. The minimum atomic E-state index is -3.96. The van der Waals surface area contributed by atoms with Crippen LogP contribution >= 0.6 is 0 Å². The molecule has 0 aliphatic rings. The molecule has 0 aliphatic heterocycles. The van der Waals surface area contributed by atoms with E-state index in [-0.39, 0.29) is 9.79 Å². The third-order valence-corrected chi connectivity index (χ3v) is 6.69. The lowest BCUT2D eigenvalue weighted by Gasteiger charge is -2.10. The maximum absolute atomic E-state index is 13.7. The van der Waals surface area contributed by atoms with Gasteiger partial charge in [0.05, 0.1) is 9.79 Å². The normalized spacial score (nSPS) is 10.4. The highest BCUT2D eigenvalue weighted by atomic mass is 32.2. The number of hydrogen-bond acceptors (Lipinski definition) is 4. The number of nitrogen functional groups attached to an aromatic ring is 2. The smallest absolute Gasteiger partial charge is 0.209 e. The van der Waals surface area contributed by atoms with E-state index in [1.54, 1.807) is 24.3 Å². The van der Waals surface area contributed by atoms with E-state index in [1.807, 2.05) is 60.7 Å². The Morgan fingerprint density at radius 2 is 0.909 bits per heavy atom. The summed E-state index contributed by atoms with van der Waals surface area (Å²) >= 11 is 0. The maximum Gasteiger partial charge on any atom is 0.209 e. The number of rotatable bonds is 2. The molecular formula is C28H20N2O2S. The van der Waals surface area contributed by atoms with Crippen molar-refractivity contribution in [3.63, 3.8) is 0 Å². The van der Waals surface area contributed by atoms with Crippen LogP contribution in [0.3, 0.4) is 0 Å². The molecule has 4 rings (SSSR count). The molecule has 0 aliphatic carbocycles. The zero-order valence-electron chi connectivity index (χ0n) is 17.6. The Bertz CT molecular complexity index is 1430. The molecular weight excluding hydrogens is 428 g/mol. The summed E-state index contributed by atoms with van der Waals surface area (Å²) in [5.41, 5.74) is 14.9. The summed E-state index contributed by atoms with van der Waals surface area (Å²) in [7, 11) is -3.96. The second-order valence-electron chi connectivity index (χ2n) is 7.25. The standard InChI is InChI=1S/C28H20N2O2S/c29-25-15-17-27(23(19-25)13-11-21-7-3-1-4-8-21)33(31,32)28-18-16-26(30)20-24(28)14-12-22-9-5-2-6-10-22/h1-10,15-20H,29-30H2. The van der Waals surface area contributed by atoms with E-state index < -0.39 is 9.84 Å². The fraction of sp³-hybridized carbons (Fsp3) is 0. The van der Waals surface area contributed by atoms with E-state index >= 15 is 0 Å². The van der Waals surface area contributed by atoms with Crippen molar-refractivity contribution in [1.29, 1.82) is 0 Å². The van der Waals surface area contributed by atoms with Gasteiger partial charge in [-0.15, -0.1) is 0 Å². The van der Waals surface area contributed by atoms with E-state index in [9.17, 15) is 8.42 Å². The number of sulfone groups is 1. The molecule has 0 amide bonds. The summed E-state index contributed by atoms with van der Waals surface area (Å²) in [6.07, 6.45) is 0. The quantitative estimate of drug-likeness (QED) is 0.350. The SMILES string of the molecule is Nc1ccc(S(=O)(=O)c2ccc(N)cc2C#Cc2ccccc2)c(C#Cc2ccccc2)c1. The van der Waals surface area contributed by atoms with E-state index in [1.165, 1.54) is 12.1 Å². The van der Waals surface area contributed by atoms with Gasteiger partial charge in [-0.2, -0.15) is 0 Å². The van der Waals surface area contributed by atoms with Crippen LogP contribution in [0.15, 0.2) is 107 Å². The van der Waals surface area contributed by atoms with Crippen LogP contribution in [0.25, 0.3) is 0 Å². The highest BCUT2D eigenvalue weighted by Gasteiger charge is 2.24. The largest absolute Gasteiger partial charge is 0.399 e. The molecule has 4 N–H and O–H groups in total. The van der Waals surface area contributed by atoms with Crippen LogP contribution in [0.4, 0.5) is 11.4 Å². The summed E-state index contributed by atoms with van der Waals surface area (Å²) < 4.78 is 27.4. The van der Waals surface area contributed by atoms with Crippen LogP contribution in [-0.4, -0.2) is 8.42 Å². The molecule has 5 heteroatoms. The first-order valence-corrected chi connectivity index (χ1v) is 11.6. The molecule has 0 heterocycles. The first-order valence-electron chi connectivity index (χ1n) is 10.1. The van der Waals surface area contributed by atoms with Gasteiger partial charge in [0, 0.05) is 33.6 Å². The first-order chi connectivity index (χ1) is 15.9. The molecule has 0 fully saturated rings. The van der Waals surface area contributed by atoms with Gasteiger partial charge in [0.25, 0.3) is 0 Å². The molecule has 0 atom stereocenters. The fourth-order valence-electron chi connectivity index (χ4n) is 3.20. The molecule has 0 spiro atoms. The van der Waals surface area contributed by atoms with Crippen molar-refractivity contribution in [3.05, 3.63) is 119 Å². The highest BCUT2D eigenvalue weighted by Crippen LogP contribution is 2.29. The van der Waals surface area contributed by atoms with Crippen LogP contribution < -0.4 is 11.5 Å². The van der Waals surface area contributed by atoms with Crippen LogP contribution in [0, 0.1) is 23.7 Å². The van der Waals surface area contributed by atoms with Crippen molar-refractivity contribution in [2.24, 2.45) is 0 Å². The van der Waals surface area contributed by atoms with Gasteiger partial charge in [-0.3, -0.25) is 0 Å². The van der Waals surface area contributed by atoms with Crippen LogP contribution in [0.2, 0.25) is 0 Å². The van der Waals surface area contributed by atoms with Crippen molar-refractivity contribution >= 4 is 21.2 Å². The average Bonchev–Trinajstić information content (AvgIpc) is 2.82. The fourth-order valence-corrected chi connectivity index (χ4v) is 4.73. The number of nitrogens with two attached hydrogens (primary N) is 2. The minimum Gasteiger partial charge on any atom is -0.399 e. The van der Waals surface area contributed by atoms with Gasteiger partial charge in [-0.05, 0) is 60.7 Å². The van der Waals surface area contributed by atoms with Gasteiger partial charge in [0.2, 0.25) is 9.84 Å². The number of hydrogen-bond donors (Lipinski definition) is 2. The number of anilines is 2. The zero-order valence-corrected chi connectivity index (χ0v) is 18.4. The lowest BCUT2D eigenvalue weighted by Crippen LogP contribution is -2.08. The summed E-state index contributed by atoms with van der Waals surface area (Å²) in [4.78, 5) is 0.125. The molecule has 0 saturated carbocycles. The lowest BCUT2D eigenvalue weighted by atomic mass is 10.1. The van der Waals surface area contributed by atoms with Crippen LogP contribution in [0.5, 0.6) is 0 Å². The maximum atomic E-state index is 13.7. The molecule has 0 unspecified atom stereocenters. The predicted molar refractivity (Wildman–Crippen MR) is 132 cm³/mol. The van der Waals surface area contributed by atoms with Crippen LogP contribution in [-0.2, 0) is 9.84 Å². The Kier molecular flexibility index (Phi) is 6.17. The third-order valence-electron chi connectivity index (χ3n) is 4.82. The van der Waals surface area contributed by atoms with E-state index in [0.717, 1.165) is 11.1 Å². The molecule has 4 aromatic carbocycles. The van der Waals surface area contributed by atoms with E-state index in [2.05, 4.69) is 23.7 Å². The highest BCUT2D eigenvalue weighted by molar-refractivity contribution is 7.91. The molecule has 4 aromatic rings. The van der Waals surface area contributed by atoms with Crippen molar-refractivity contribution in [3.8, 4) is 23.7 Å². The predicted octanol–water partition coefficient (Wildman–Crippen LogP) is 4.48. The Labute approximate surface area is 193 Å². The van der Waals surface area contributed by atoms with E-state index in [0.29, 0.717) is 22.5 Å². The molecule has 4 nitrogen and oxygen atoms in total. The Balaban J connectivity index is 1.84. The van der Waals surface area contributed by atoms with Gasteiger partial charge in [0.15, 0.2) is 0 Å². The van der Waals surface area contributed by atoms with E-state index in [4.69, 9.17) is 11.5 Å². The van der Waals surface area contributed by atoms with Crippen molar-refractivity contribution in [1.82, 2.24) is 0 Å². The van der Waals surface area contributed by atoms with Crippen molar-refractivity contribution < 1.29 is 8.42 Å². The van der Waals surface area contributed by atoms with Gasteiger partial charge in [-0.1, -0.05) is 60.1 Å². The topological polar surface area (TPSA) is 86.2 Å². The third kappa shape index (κ3) is 5.07. The minimum absolute atomic E-state index is 0.0627. The summed E-state index contributed by atoms with van der Waals surface area (Å²) in [6.45, 7) is 0. The molecule has 0 aromatic heterocycles. The summed E-state index contributed by atoms with van der Waals surface area (Å²) in [6, 6.07) is 27.8. The zero-order chi connectivity index (χ0) is 23.3. The van der Waals surface area contributed by atoms with Crippen LogP contribution in [0.1, 0.15) is 22.3 Å². The molecule has 0 bridgehead atoms. The van der Waals surface area contributed by atoms with Crippen molar-refractivity contribution in [2.45, 2.75) is 9.79 Å². The number of benzene rings is 4. The Morgan fingerprint density at radius 3 is 1.30 bits per heavy atom. The molecule has 33 heavy (non-hydrogen) atoms. The molecule has 0 radical (unpaired) electrons. The van der Waals surface area contributed by atoms with Gasteiger partial charge in [-0.25, -0.2) is 8.42 Å². The summed E-state index contributed by atoms with van der Waals surface area (Å²) in [5, 5.41) is 0. The van der Waals surface area contributed by atoms with Gasteiger partial charge >= 0.3 is 0 Å². The average molecular weight is 449 g/mol.